The molecule has 0 aliphatic heterocycles. The van der Waals surface area contributed by atoms with Crippen LogP contribution in [0.25, 0.3) is 0 Å². The molecule has 1 aliphatic carbocycles. The van der Waals surface area contributed by atoms with E-state index in [1.165, 1.54) is 25.7 Å². The summed E-state index contributed by atoms with van der Waals surface area (Å²) in [7, 11) is 4.08. The first-order valence-corrected chi connectivity index (χ1v) is 8.42. The van der Waals surface area contributed by atoms with Crippen LogP contribution in [0.4, 0.5) is 0 Å². The Bertz CT molecular complexity index is 473. The second-order valence-electron chi connectivity index (χ2n) is 6.53. The minimum Gasteiger partial charge on any atom is -0.357 e. The van der Waals surface area contributed by atoms with Crippen molar-refractivity contribution >= 4 is 5.96 Å². The van der Waals surface area contributed by atoms with Crippen molar-refractivity contribution in [3.63, 3.8) is 0 Å². The third kappa shape index (κ3) is 4.71. The fraction of sp³-hybridized carbons (Fsp3) is 0.812. The standard InChI is InChI=1S/C16H30N6/c1-5-17-16(18-10-15-20-19-12-22(15)4)21(3)11-14-8-6-13(2)7-9-14/h12-14H,5-11H2,1-4H3,(H,17,18). The lowest BCUT2D eigenvalue weighted by Gasteiger charge is -2.31. The van der Waals surface area contributed by atoms with Gasteiger partial charge in [0.15, 0.2) is 11.8 Å². The molecule has 1 aromatic heterocycles. The van der Waals surface area contributed by atoms with Gasteiger partial charge in [0.1, 0.15) is 12.9 Å². The number of rotatable bonds is 5. The second-order valence-corrected chi connectivity index (χ2v) is 6.53. The first-order valence-electron chi connectivity index (χ1n) is 8.42. The zero-order chi connectivity index (χ0) is 15.9. The van der Waals surface area contributed by atoms with E-state index in [-0.39, 0.29) is 0 Å². The van der Waals surface area contributed by atoms with Gasteiger partial charge < -0.3 is 14.8 Å². The largest absolute Gasteiger partial charge is 0.357 e. The molecule has 0 unspecified atom stereocenters. The van der Waals surface area contributed by atoms with E-state index in [2.05, 4.69) is 41.3 Å². The Morgan fingerprint density at radius 2 is 2.14 bits per heavy atom. The number of aryl methyl sites for hydroxylation is 1. The number of nitrogens with one attached hydrogen (secondary N) is 1. The van der Waals surface area contributed by atoms with Gasteiger partial charge in [-0.05, 0) is 31.6 Å². The molecule has 1 saturated carbocycles. The smallest absolute Gasteiger partial charge is 0.194 e. The number of aliphatic imine (C=N–C) groups is 1. The van der Waals surface area contributed by atoms with Gasteiger partial charge in [-0.2, -0.15) is 0 Å². The average molecular weight is 306 g/mol. The van der Waals surface area contributed by atoms with E-state index in [1.807, 2.05) is 11.6 Å². The summed E-state index contributed by atoms with van der Waals surface area (Å²) < 4.78 is 1.91. The molecule has 6 nitrogen and oxygen atoms in total. The molecule has 0 amide bonds. The minimum atomic E-state index is 0.560. The molecule has 0 aromatic carbocycles. The lowest BCUT2D eigenvalue weighted by atomic mass is 9.83. The molecule has 1 heterocycles. The number of nitrogens with zero attached hydrogens (tertiary/aromatic N) is 5. The van der Waals surface area contributed by atoms with Crippen molar-refractivity contribution in [3.8, 4) is 0 Å². The summed E-state index contributed by atoms with van der Waals surface area (Å²) in [5, 5.41) is 11.4. The van der Waals surface area contributed by atoms with Crippen molar-refractivity contribution in [2.45, 2.75) is 46.1 Å². The Kier molecular flexibility index (Phi) is 6.21. The van der Waals surface area contributed by atoms with E-state index >= 15 is 0 Å². The molecule has 22 heavy (non-hydrogen) atoms. The Morgan fingerprint density at radius 3 is 2.73 bits per heavy atom. The maximum atomic E-state index is 4.71. The Hall–Kier alpha value is -1.59. The molecular weight excluding hydrogens is 276 g/mol. The van der Waals surface area contributed by atoms with Crippen molar-refractivity contribution in [2.75, 3.05) is 20.1 Å². The van der Waals surface area contributed by atoms with Crippen LogP contribution in [0.3, 0.4) is 0 Å². The van der Waals surface area contributed by atoms with Crippen LogP contribution in [0.2, 0.25) is 0 Å². The van der Waals surface area contributed by atoms with Gasteiger partial charge >= 0.3 is 0 Å². The van der Waals surface area contributed by atoms with Gasteiger partial charge in [0.05, 0.1) is 0 Å². The maximum Gasteiger partial charge on any atom is 0.194 e. The molecule has 0 saturated heterocycles. The molecule has 1 aliphatic rings. The highest BCUT2D eigenvalue weighted by Gasteiger charge is 2.20. The summed E-state index contributed by atoms with van der Waals surface area (Å²) in [5.41, 5.74) is 0. The molecule has 124 valence electrons. The lowest BCUT2D eigenvalue weighted by molar-refractivity contribution is 0.250. The molecule has 1 aromatic rings. The van der Waals surface area contributed by atoms with Gasteiger partial charge in [0.2, 0.25) is 0 Å². The Morgan fingerprint density at radius 1 is 1.41 bits per heavy atom. The minimum absolute atomic E-state index is 0.560. The van der Waals surface area contributed by atoms with Crippen LogP contribution < -0.4 is 5.32 Å². The van der Waals surface area contributed by atoms with Gasteiger partial charge in [0, 0.05) is 27.2 Å². The summed E-state index contributed by atoms with van der Waals surface area (Å²) in [5.74, 6) is 3.54. The van der Waals surface area contributed by atoms with E-state index in [1.54, 1.807) is 6.33 Å². The number of hydrogen-bond donors (Lipinski definition) is 1. The van der Waals surface area contributed by atoms with E-state index < -0.39 is 0 Å². The Labute approximate surface area is 134 Å². The predicted octanol–water partition coefficient (Wildman–Crippen LogP) is 2.04. The van der Waals surface area contributed by atoms with Crippen LogP contribution >= 0.6 is 0 Å². The summed E-state index contributed by atoms with van der Waals surface area (Å²) in [6, 6.07) is 0. The molecular formula is C16H30N6. The highest BCUT2D eigenvalue weighted by atomic mass is 15.3. The zero-order valence-electron chi connectivity index (χ0n) is 14.4. The van der Waals surface area contributed by atoms with E-state index in [0.717, 1.165) is 36.7 Å². The van der Waals surface area contributed by atoms with Gasteiger partial charge in [-0.3, -0.25) is 0 Å². The molecule has 1 fully saturated rings. The van der Waals surface area contributed by atoms with Gasteiger partial charge in [-0.25, -0.2) is 4.99 Å². The Balaban J connectivity index is 1.92. The van der Waals surface area contributed by atoms with Crippen molar-refractivity contribution in [3.05, 3.63) is 12.2 Å². The third-order valence-electron chi connectivity index (χ3n) is 4.54. The van der Waals surface area contributed by atoms with E-state index in [4.69, 9.17) is 4.99 Å². The molecule has 0 atom stereocenters. The van der Waals surface area contributed by atoms with E-state index in [0.29, 0.717) is 6.54 Å². The van der Waals surface area contributed by atoms with Gasteiger partial charge in [0.25, 0.3) is 0 Å². The average Bonchev–Trinajstić information content (AvgIpc) is 2.91. The van der Waals surface area contributed by atoms with Crippen molar-refractivity contribution in [1.82, 2.24) is 25.0 Å². The van der Waals surface area contributed by atoms with Crippen LogP contribution in [0, 0.1) is 11.8 Å². The normalized spacial score (nSPS) is 22.6. The van der Waals surface area contributed by atoms with Crippen LogP contribution in [-0.2, 0) is 13.6 Å². The van der Waals surface area contributed by atoms with Crippen LogP contribution in [0.1, 0.15) is 45.4 Å². The van der Waals surface area contributed by atoms with Crippen molar-refractivity contribution in [1.29, 1.82) is 0 Å². The van der Waals surface area contributed by atoms with Crippen molar-refractivity contribution < 1.29 is 0 Å². The van der Waals surface area contributed by atoms with Crippen molar-refractivity contribution in [2.24, 2.45) is 23.9 Å². The fourth-order valence-corrected chi connectivity index (χ4v) is 3.05. The molecule has 0 bridgehead atoms. The topological polar surface area (TPSA) is 58.3 Å². The maximum absolute atomic E-state index is 4.71. The highest BCUT2D eigenvalue weighted by molar-refractivity contribution is 5.79. The number of guanidine groups is 1. The molecule has 2 rings (SSSR count). The predicted molar refractivity (Wildman–Crippen MR) is 89.6 cm³/mol. The summed E-state index contributed by atoms with van der Waals surface area (Å²) in [6.07, 6.45) is 7.13. The van der Waals surface area contributed by atoms with Gasteiger partial charge in [-0.15, -0.1) is 10.2 Å². The molecule has 6 heteroatoms. The summed E-state index contributed by atoms with van der Waals surface area (Å²) >= 11 is 0. The molecule has 0 spiro atoms. The summed E-state index contributed by atoms with van der Waals surface area (Å²) in [4.78, 5) is 6.97. The summed E-state index contributed by atoms with van der Waals surface area (Å²) in [6.45, 7) is 6.99. The van der Waals surface area contributed by atoms with E-state index in [9.17, 15) is 0 Å². The lowest BCUT2D eigenvalue weighted by Crippen LogP contribution is -2.41. The zero-order valence-corrected chi connectivity index (χ0v) is 14.4. The van der Waals surface area contributed by atoms with Gasteiger partial charge in [-0.1, -0.05) is 19.8 Å². The number of hydrogen-bond acceptors (Lipinski definition) is 3. The van der Waals surface area contributed by atoms with Crippen LogP contribution in [0.15, 0.2) is 11.3 Å². The quantitative estimate of drug-likeness (QED) is 0.668. The SMILES string of the molecule is CCNC(=NCc1nncn1C)N(C)CC1CCC(C)CC1. The first kappa shape index (κ1) is 16.8. The van der Waals surface area contributed by atoms with Crippen LogP contribution in [0.5, 0.6) is 0 Å². The number of aromatic nitrogens is 3. The van der Waals surface area contributed by atoms with Crippen LogP contribution in [-0.4, -0.2) is 45.8 Å². The highest BCUT2D eigenvalue weighted by Crippen LogP contribution is 2.28. The third-order valence-corrected chi connectivity index (χ3v) is 4.54. The first-order chi connectivity index (χ1) is 10.6. The second kappa shape index (κ2) is 8.15. The monoisotopic (exact) mass is 306 g/mol. The fourth-order valence-electron chi connectivity index (χ4n) is 3.05. The molecule has 1 N–H and O–H groups in total. The molecule has 0 radical (unpaired) electrons.